The summed E-state index contributed by atoms with van der Waals surface area (Å²) in [6, 6.07) is 11.7. The minimum Gasteiger partial charge on any atom is -0.303 e. The zero-order valence-electron chi connectivity index (χ0n) is 11.8. The number of hydrogen-bond donors (Lipinski definition) is 1. The summed E-state index contributed by atoms with van der Waals surface area (Å²) in [5, 5.41) is 5.59. The van der Waals surface area contributed by atoms with E-state index in [-0.39, 0.29) is 12.1 Å². The number of benzene rings is 1. The van der Waals surface area contributed by atoms with Gasteiger partial charge in [0, 0.05) is 23.2 Å². The Bertz CT molecular complexity index is 646. The number of hydrogen-bond acceptors (Lipinski definition) is 4. The van der Waals surface area contributed by atoms with Gasteiger partial charge in [0.2, 0.25) is 0 Å². The van der Waals surface area contributed by atoms with Crippen LogP contribution in [-0.4, -0.2) is 14.7 Å². The molecule has 2 atom stereocenters. The molecule has 0 bridgehead atoms. The van der Waals surface area contributed by atoms with Crippen LogP contribution >= 0.6 is 11.3 Å². The first-order chi connectivity index (χ1) is 9.38. The first kappa shape index (κ1) is 15.2. The third-order valence-corrected chi connectivity index (χ3v) is 5.46. The van der Waals surface area contributed by atoms with Gasteiger partial charge in [-0.15, -0.1) is 11.3 Å². The van der Waals surface area contributed by atoms with Crippen LogP contribution in [0, 0.1) is 0 Å². The van der Waals surface area contributed by atoms with Crippen LogP contribution in [0.25, 0.3) is 0 Å². The van der Waals surface area contributed by atoms with Crippen molar-refractivity contribution in [2.24, 2.45) is 0 Å². The fourth-order valence-electron chi connectivity index (χ4n) is 2.09. The summed E-state index contributed by atoms with van der Waals surface area (Å²) in [7, 11) is -3.12. The molecule has 2 rings (SSSR count). The maximum atomic E-state index is 11.4. The van der Waals surface area contributed by atoms with Gasteiger partial charge in [-0.3, -0.25) is 0 Å². The summed E-state index contributed by atoms with van der Waals surface area (Å²) < 4.78 is 22.9. The molecule has 1 unspecified atom stereocenters. The second kappa shape index (κ2) is 6.08. The predicted molar refractivity (Wildman–Crippen MR) is 83.8 cm³/mol. The SMILES string of the molecule is CC(N[C@@H](C)c1cccs1)c1ccc(S(C)(=O)=O)cc1. The second-order valence-corrected chi connectivity index (χ2v) is 7.96. The average Bonchev–Trinajstić information content (AvgIpc) is 2.91. The van der Waals surface area contributed by atoms with Crippen LogP contribution in [-0.2, 0) is 9.84 Å². The van der Waals surface area contributed by atoms with Crippen LogP contribution < -0.4 is 5.32 Å². The molecule has 0 saturated carbocycles. The Hall–Kier alpha value is -1.17. The Kier molecular flexibility index (Phi) is 4.62. The van der Waals surface area contributed by atoms with Crippen molar-refractivity contribution in [3.05, 3.63) is 52.2 Å². The highest BCUT2D eigenvalue weighted by Gasteiger charge is 2.13. The van der Waals surface area contributed by atoms with Gasteiger partial charge in [-0.05, 0) is 43.0 Å². The van der Waals surface area contributed by atoms with Crippen molar-refractivity contribution >= 4 is 21.2 Å². The van der Waals surface area contributed by atoms with Crippen LogP contribution in [0.3, 0.4) is 0 Å². The normalized spacial score (nSPS) is 14.9. The molecule has 0 radical (unpaired) electrons. The number of sulfone groups is 1. The Balaban J connectivity index is 2.08. The highest BCUT2D eigenvalue weighted by molar-refractivity contribution is 7.90. The van der Waals surface area contributed by atoms with E-state index in [2.05, 4.69) is 30.6 Å². The molecule has 20 heavy (non-hydrogen) atoms. The van der Waals surface area contributed by atoms with Crippen molar-refractivity contribution in [2.45, 2.75) is 30.8 Å². The lowest BCUT2D eigenvalue weighted by atomic mass is 10.1. The van der Waals surface area contributed by atoms with Gasteiger partial charge in [0.1, 0.15) is 0 Å². The van der Waals surface area contributed by atoms with Crippen molar-refractivity contribution in [1.29, 1.82) is 0 Å². The van der Waals surface area contributed by atoms with E-state index in [0.717, 1.165) is 5.56 Å². The Labute approximate surface area is 124 Å². The van der Waals surface area contributed by atoms with Gasteiger partial charge in [-0.2, -0.15) is 0 Å². The topological polar surface area (TPSA) is 46.2 Å². The van der Waals surface area contributed by atoms with Gasteiger partial charge in [0.05, 0.1) is 4.90 Å². The summed E-state index contributed by atoms with van der Waals surface area (Å²) in [6.45, 7) is 4.22. The van der Waals surface area contributed by atoms with E-state index >= 15 is 0 Å². The molecular formula is C15H19NO2S2. The van der Waals surface area contributed by atoms with E-state index in [1.165, 1.54) is 11.1 Å². The minimum absolute atomic E-state index is 0.167. The van der Waals surface area contributed by atoms with E-state index in [1.54, 1.807) is 23.5 Å². The van der Waals surface area contributed by atoms with Gasteiger partial charge in [0.25, 0.3) is 0 Å². The van der Waals surface area contributed by atoms with Gasteiger partial charge >= 0.3 is 0 Å². The van der Waals surface area contributed by atoms with Crippen LogP contribution in [0.1, 0.15) is 36.4 Å². The second-order valence-electron chi connectivity index (χ2n) is 4.97. The van der Waals surface area contributed by atoms with Crippen molar-refractivity contribution < 1.29 is 8.42 Å². The summed E-state index contributed by atoms with van der Waals surface area (Å²) in [5.41, 5.74) is 1.08. The molecule has 0 saturated heterocycles. The Morgan fingerprint density at radius 1 is 1.05 bits per heavy atom. The molecule has 108 valence electrons. The lowest BCUT2D eigenvalue weighted by Gasteiger charge is -2.19. The van der Waals surface area contributed by atoms with Gasteiger partial charge in [0.15, 0.2) is 9.84 Å². The summed E-state index contributed by atoms with van der Waals surface area (Å²) in [4.78, 5) is 1.66. The smallest absolute Gasteiger partial charge is 0.175 e. The molecule has 0 fully saturated rings. The fourth-order valence-corrected chi connectivity index (χ4v) is 3.47. The maximum Gasteiger partial charge on any atom is 0.175 e. The molecule has 1 heterocycles. The third kappa shape index (κ3) is 3.69. The zero-order valence-corrected chi connectivity index (χ0v) is 13.5. The lowest BCUT2D eigenvalue weighted by molar-refractivity contribution is 0.500. The van der Waals surface area contributed by atoms with Crippen LogP contribution in [0.2, 0.25) is 0 Å². The van der Waals surface area contributed by atoms with Crippen LogP contribution in [0.15, 0.2) is 46.7 Å². The molecule has 1 N–H and O–H groups in total. The number of nitrogens with one attached hydrogen (secondary N) is 1. The van der Waals surface area contributed by atoms with E-state index in [9.17, 15) is 8.42 Å². The van der Waals surface area contributed by atoms with E-state index in [0.29, 0.717) is 4.90 Å². The van der Waals surface area contributed by atoms with E-state index in [4.69, 9.17) is 0 Å². The van der Waals surface area contributed by atoms with Crippen molar-refractivity contribution in [3.63, 3.8) is 0 Å². The summed E-state index contributed by atoms with van der Waals surface area (Å²) >= 11 is 1.73. The molecule has 0 amide bonds. The highest BCUT2D eigenvalue weighted by Crippen LogP contribution is 2.23. The first-order valence-electron chi connectivity index (χ1n) is 6.47. The van der Waals surface area contributed by atoms with Crippen molar-refractivity contribution in [1.82, 2.24) is 5.32 Å². The monoisotopic (exact) mass is 309 g/mol. The zero-order chi connectivity index (χ0) is 14.8. The first-order valence-corrected chi connectivity index (χ1v) is 9.24. The molecule has 0 aliphatic rings. The fraction of sp³-hybridized carbons (Fsp3) is 0.333. The van der Waals surface area contributed by atoms with Crippen LogP contribution in [0.4, 0.5) is 0 Å². The molecule has 2 aromatic rings. The minimum atomic E-state index is -3.12. The van der Waals surface area contributed by atoms with Gasteiger partial charge < -0.3 is 5.32 Å². The molecule has 0 aliphatic carbocycles. The third-order valence-electron chi connectivity index (χ3n) is 3.28. The molecule has 1 aromatic heterocycles. The van der Waals surface area contributed by atoms with Crippen molar-refractivity contribution in [2.75, 3.05) is 6.26 Å². The lowest BCUT2D eigenvalue weighted by Crippen LogP contribution is -2.21. The molecular weight excluding hydrogens is 290 g/mol. The molecule has 3 nitrogen and oxygen atoms in total. The molecule has 5 heteroatoms. The Morgan fingerprint density at radius 2 is 1.70 bits per heavy atom. The Morgan fingerprint density at radius 3 is 2.20 bits per heavy atom. The molecule has 1 aromatic carbocycles. The average molecular weight is 309 g/mol. The highest BCUT2D eigenvalue weighted by atomic mass is 32.2. The number of rotatable bonds is 5. The van der Waals surface area contributed by atoms with Crippen LogP contribution in [0.5, 0.6) is 0 Å². The standard InChI is InChI=1S/C15H19NO2S2/c1-11(16-12(2)15-5-4-10-19-15)13-6-8-14(9-7-13)20(3,17)18/h4-12,16H,1-3H3/t11?,12-/m0/s1. The molecule has 0 aliphatic heterocycles. The maximum absolute atomic E-state index is 11.4. The van der Waals surface area contributed by atoms with Gasteiger partial charge in [-0.25, -0.2) is 8.42 Å². The van der Waals surface area contributed by atoms with E-state index in [1.807, 2.05) is 18.2 Å². The molecule has 0 spiro atoms. The number of thiophene rings is 1. The van der Waals surface area contributed by atoms with Crippen molar-refractivity contribution in [3.8, 4) is 0 Å². The quantitative estimate of drug-likeness (QED) is 0.918. The summed E-state index contributed by atoms with van der Waals surface area (Å²) in [5.74, 6) is 0. The van der Waals surface area contributed by atoms with Gasteiger partial charge in [-0.1, -0.05) is 18.2 Å². The van der Waals surface area contributed by atoms with E-state index < -0.39 is 9.84 Å². The largest absolute Gasteiger partial charge is 0.303 e. The predicted octanol–water partition coefficient (Wildman–Crippen LogP) is 3.56. The summed E-state index contributed by atoms with van der Waals surface area (Å²) in [6.07, 6.45) is 1.22.